The lowest BCUT2D eigenvalue weighted by molar-refractivity contribution is 0.102. The van der Waals surface area contributed by atoms with Gasteiger partial charge in [-0.05, 0) is 38.1 Å². The Morgan fingerprint density at radius 1 is 0.757 bits per heavy atom. The molecule has 0 spiro atoms. The summed E-state index contributed by atoms with van der Waals surface area (Å²) in [4.78, 5) is 21.8. The van der Waals surface area contributed by atoms with E-state index >= 15 is 0 Å². The Bertz CT molecular complexity index is 1680. The lowest BCUT2D eigenvalue weighted by Gasteiger charge is -2.11. The highest BCUT2D eigenvalue weighted by Gasteiger charge is 2.27. The predicted molar refractivity (Wildman–Crippen MR) is 148 cm³/mol. The number of nitrogens with zero attached hydrogens (tertiary/aromatic N) is 3. The van der Waals surface area contributed by atoms with Crippen molar-refractivity contribution in [1.82, 2.24) is 19.7 Å². The summed E-state index contributed by atoms with van der Waals surface area (Å²) in [5, 5.41) is 8.01. The largest absolute Gasteiger partial charge is 0.324 e. The molecular weight excluding hydrogens is 458 g/mol. The number of carbonyl (C=O) groups excluding carboxylic acids is 1. The number of imidazole rings is 1. The van der Waals surface area contributed by atoms with Crippen molar-refractivity contribution in [1.29, 1.82) is 0 Å². The van der Waals surface area contributed by atoms with Gasteiger partial charge in [-0.3, -0.25) is 10.1 Å². The maximum atomic E-state index is 14.0. The van der Waals surface area contributed by atoms with Crippen molar-refractivity contribution in [3.63, 3.8) is 0 Å². The topological polar surface area (TPSA) is 75.6 Å². The fraction of sp³-hybridized carbons (Fsp3) is 0.0645. The monoisotopic (exact) mass is 483 g/mol. The molecule has 180 valence electrons. The van der Waals surface area contributed by atoms with Crippen molar-refractivity contribution < 1.29 is 4.79 Å². The Labute approximate surface area is 214 Å². The maximum Gasteiger partial charge on any atom is 0.262 e. The van der Waals surface area contributed by atoms with Crippen LogP contribution in [0.25, 0.3) is 39.2 Å². The third-order valence-electron chi connectivity index (χ3n) is 6.38. The van der Waals surface area contributed by atoms with E-state index in [1.165, 1.54) is 0 Å². The molecule has 6 nitrogen and oxygen atoms in total. The molecule has 1 amide bonds. The quantitative estimate of drug-likeness (QED) is 0.279. The van der Waals surface area contributed by atoms with Gasteiger partial charge in [0.05, 0.1) is 28.0 Å². The summed E-state index contributed by atoms with van der Waals surface area (Å²) in [6.45, 7) is 4.09. The number of hydrogen-bond donors (Lipinski definition) is 2. The van der Waals surface area contributed by atoms with Crippen molar-refractivity contribution in [2.24, 2.45) is 0 Å². The SMILES string of the molecule is Cc1ccc(-c2nn(-c3ccccc3)c(-c3ccc(C)cc3)c2C(=O)Nc2nc3ccccc3[nH]2)cc1. The van der Waals surface area contributed by atoms with E-state index in [1.54, 1.807) is 0 Å². The van der Waals surface area contributed by atoms with Gasteiger partial charge in [0.25, 0.3) is 5.91 Å². The van der Waals surface area contributed by atoms with E-state index in [2.05, 4.69) is 15.3 Å². The van der Waals surface area contributed by atoms with Crippen LogP contribution in [0.15, 0.2) is 103 Å². The van der Waals surface area contributed by atoms with E-state index in [0.717, 1.165) is 44.7 Å². The highest BCUT2D eigenvalue weighted by molar-refractivity contribution is 6.12. The molecule has 0 saturated heterocycles. The predicted octanol–water partition coefficient (Wildman–Crippen LogP) is 6.95. The van der Waals surface area contributed by atoms with E-state index in [0.29, 0.717) is 17.2 Å². The number of fused-ring (bicyclic) bond motifs is 1. The Morgan fingerprint density at radius 2 is 1.38 bits per heavy atom. The van der Waals surface area contributed by atoms with E-state index in [1.807, 2.05) is 122 Å². The number of aryl methyl sites for hydroxylation is 2. The molecule has 0 unspecified atom stereocenters. The second-order valence-electron chi connectivity index (χ2n) is 9.11. The minimum absolute atomic E-state index is 0.285. The van der Waals surface area contributed by atoms with E-state index in [-0.39, 0.29) is 5.91 Å². The zero-order valence-corrected chi connectivity index (χ0v) is 20.6. The van der Waals surface area contributed by atoms with Gasteiger partial charge in [0.1, 0.15) is 5.69 Å². The van der Waals surface area contributed by atoms with Gasteiger partial charge in [0, 0.05) is 11.1 Å². The summed E-state index contributed by atoms with van der Waals surface area (Å²) in [5.74, 6) is 0.107. The summed E-state index contributed by atoms with van der Waals surface area (Å²) in [7, 11) is 0. The van der Waals surface area contributed by atoms with Gasteiger partial charge >= 0.3 is 0 Å². The summed E-state index contributed by atoms with van der Waals surface area (Å²) in [6.07, 6.45) is 0. The Balaban J connectivity index is 1.57. The van der Waals surface area contributed by atoms with Crippen molar-refractivity contribution in [2.75, 3.05) is 5.32 Å². The van der Waals surface area contributed by atoms with E-state index < -0.39 is 0 Å². The number of para-hydroxylation sites is 3. The van der Waals surface area contributed by atoms with Gasteiger partial charge in [-0.25, -0.2) is 9.67 Å². The minimum atomic E-state index is -0.285. The second kappa shape index (κ2) is 9.24. The lowest BCUT2D eigenvalue weighted by Crippen LogP contribution is -2.15. The molecule has 6 aromatic rings. The standard InChI is InChI=1S/C31H25N5O/c1-20-12-16-22(17-13-20)28-27(30(37)34-31-32-25-10-6-7-11-26(25)33-31)29(23-18-14-21(2)15-19-23)36(35-28)24-8-4-3-5-9-24/h3-19H,1-2H3,(H2,32,33,34,37). The van der Waals surface area contributed by atoms with Crippen molar-refractivity contribution in [3.8, 4) is 28.2 Å². The molecule has 6 heteroatoms. The van der Waals surface area contributed by atoms with Crippen molar-refractivity contribution in [3.05, 3.63) is 120 Å². The number of nitrogens with one attached hydrogen (secondary N) is 2. The molecule has 2 N–H and O–H groups in total. The number of aromatic amines is 1. The zero-order valence-electron chi connectivity index (χ0n) is 20.6. The van der Waals surface area contributed by atoms with Crippen LogP contribution in [-0.4, -0.2) is 25.7 Å². The first-order valence-electron chi connectivity index (χ1n) is 12.2. The first kappa shape index (κ1) is 22.5. The number of amides is 1. The highest BCUT2D eigenvalue weighted by Crippen LogP contribution is 2.35. The maximum absolute atomic E-state index is 14.0. The Morgan fingerprint density at radius 3 is 2.05 bits per heavy atom. The Kier molecular flexibility index (Phi) is 5.62. The number of carbonyl (C=O) groups is 1. The number of aromatic nitrogens is 4. The fourth-order valence-electron chi connectivity index (χ4n) is 4.46. The molecular formula is C31H25N5O. The average Bonchev–Trinajstić information content (AvgIpc) is 3.52. The minimum Gasteiger partial charge on any atom is -0.324 e. The normalized spacial score (nSPS) is 11.1. The molecule has 0 aliphatic rings. The number of anilines is 1. The smallest absolute Gasteiger partial charge is 0.262 e. The molecule has 0 fully saturated rings. The molecule has 0 bridgehead atoms. The number of rotatable bonds is 5. The van der Waals surface area contributed by atoms with Gasteiger partial charge in [0.15, 0.2) is 0 Å². The highest BCUT2D eigenvalue weighted by atomic mass is 16.1. The molecule has 0 aliphatic carbocycles. The van der Waals surface area contributed by atoms with E-state index in [9.17, 15) is 4.79 Å². The van der Waals surface area contributed by atoms with E-state index in [4.69, 9.17) is 5.10 Å². The van der Waals surface area contributed by atoms with Gasteiger partial charge in [0.2, 0.25) is 5.95 Å². The van der Waals surface area contributed by atoms with Crippen LogP contribution in [-0.2, 0) is 0 Å². The van der Waals surface area contributed by atoms with Crippen LogP contribution >= 0.6 is 0 Å². The molecule has 6 rings (SSSR count). The Hall–Kier alpha value is -4.97. The molecule has 2 heterocycles. The summed E-state index contributed by atoms with van der Waals surface area (Å²) in [6, 6.07) is 33.8. The second-order valence-corrected chi connectivity index (χ2v) is 9.11. The third-order valence-corrected chi connectivity index (χ3v) is 6.38. The van der Waals surface area contributed by atoms with Gasteiger partial charge in [-0.15, -0.1) is 0 Å². The summed E-state index contributed by atoms with van der Waals surface area (Å²) < 4.78 is 1.85. The molecule has 0 radical (unpaired) electrons. The first-order chi connectivity index (χ1) is 18.1. The summed E-state index contributed by atoms with van der Waals surface area (Å²) >= 11 is 0. The van der Waals surface area contributed by atoms with Gasteiger partial charge in [-0.1, -0.05) is 90.0 Å². The molecule has 0 aliphatic heterocycles. The summed E-state index contributed by atoms with van der Waals surface area (Å²) in [5.41, 5.74) is 8.36. The molecule has 0 saturated carbocycles. The number of H-pyrrole nitrogens is 1. The van der Waals surface area contributed by atoms with Crippen LogP contribution in [0.4, 0.5) is 5.95 Å². The third kappa shape index (κ3) is 4.29. The molecule has 37 heavy (non-hydrogen) atoms. The zero-order chi connectivity index (χ0) is 25.4. The average molecular weight is 484 g/mol. The van der Waals surface area contributed by atoms with Crippen LogP contribution in [0.2, 0.25) is 0 Å². The van der Waals surface area contributed by atoms with Gasteiger partial charge < -0.3 is 4.98 Å². The van der Waals surface area contributed by atoms with Crippen LogP contribution < -0.4 is 5.32 Å². The first-order valence-corrected chi connectivity index (χ1v) is 12.2. The van der Waals surface area contributed by atoms with Crippen LogP contribution in [0.5, 0.6) is 0 Å². The van der Waals surface area contributed by atoms with Crippen molar-refractivity contribution >= 4 is 22.9 Å². The molecule has 2 aromatic heterocycles. The molecule has 0 atom stereocenters. The lowest BCUT2D eigenvalue weighted by atomic mass is 9.99. The van der Waals surface area contributed by atoms with Crippen LogP contribution in [0, 0.1) is 13.8 Å². The van der Waals surface area contributed by atoms with Crippen LogP contribution in [0.1, 0.15) is 21.5 Å². The van der Waals surface area contributed by atoms with Crippen molar-refractivity contribution in [2.45, 2.75) is 13.8 Å². The number of hydrogen-bond acceptors (Lipinski definition) is 3. The number of benzene rings is 4. The fourth-order valence-corrected chi connectivity index (χ4v) is 4.46. The molecule has 4 aromatic carbocycles. The van der Waals surface area contributed by atoms with Gasteiger partial charge in [-0.2, -0.15) is 5.10 Å². The van der Waals surface area contributed by atoms with Crippen LogP contribution in [0.3, 0.4) is 0 Å².